The van der Waals surface area contributed by atoms with E-state index in [1.165, 1.54) is 0 Å². The lowest BCUT2D eigenvalue weighted by molar-refractivity contribution is 0.223. The molecule has 0 saturated carbocycles. The monoisotopic (exact) mass is 360 g/mol. The molecule has 1 radical (unpaired) electrons. The molecule has 1 fully saturated rings. The fourth-order valence-electron chi connectivity index (χ4n) is 4.10. The van der Waals surface area contributed by atoms with Crippen molar-refractivity contribution >= 4 is 16.9 Å². The largest absolute Gasteiger partial charge is 0.345 e. The quantitative estimate of drug-likeness (QED) is 0.663. The highest BCUT2D eigenvalue weighted by atomic mass is 15.3. The van der Waals surface area contributed by atoms with E-state index in [2.05, 4.69) is 72.2 Å². The van der Waals surface area contributed by atoms with Crippen LogP contribution in [0, 0.1) is 12.3 Å². The van der Waals surface area contributed by atoms with Crippen molar-refractivity contribution < 1.29 is 0 Å². The minimum Gasteiger partial charge on any atom is -0.345 e. The molecule has 3 heterocycles. The molecule has 1 aliphatic heterocycles. The first-order chi connectivity index (χ1) is 12.8. The summed E-state index contributed by atoms with van der Waals surface area (Å²) in [7, 11) is 0. The van der Waals surface area contributed by atoms with Crippen LogP contribution in [0.2, 0.25) is 0 Å². The summed E-state index contributed by atoms with van der Waals surface area (Å²) < 4.78 is 0. The molecule has 27 heavy (non-hydrogen) atoms. The summed E-state index contributed by atoms with van der Waals surface area (Å²) in [4.78, 5) is 11.6. The fourth-order valence-corrected chi connectivity index (χ4v) is 4.10. The molecule has 0 N–H and O–H groups in total. The van der Waals surface area contributed by atoms with Crippen LogP contribution in [0.1, 0.15) is 41.0 Å². The first-order valence-electron chi connectivity index (χ1n) is 9.48. The Morgan fingerprint density at radius 2 is 1.67 bits per heavy atom. The van der Waals surface area contributed by atoms with Gasteiger partial charge in [0.15, 0.2) is 5.82 Å². The van der Waals surface area contributed by atoms with Crippen molar-refractivity contribution in [3.63, 3.8) is 0 Å². The molecule has 3 aromatic rings. The van der Waals surface area contributed by atoms with Crippen molar-refractivity contribution in [2.24, 2.45) is 5.92 Å². The first kappa shape index (κ1) is 17.8. The maximum atomic E-state index is 4.67. The number of anilines is 1. The van der Waals surface area contributed by atoms with Crippen LogP contribution >= 0.6 is 0 Å². The van der Waals surface area contributed by atoms with Crippen LogP contribution in [-0.2, 0) is 0 Å². The first-order valence-corrected chi connectivity index (χ1v) is 9.48. The van der Waals surface area contributed by atoms with E-state index in [0.717, 1.165) is 34.7 Å². The molecular formula is C22H26N5. The van der Waals surface area contributed by atoms with Gasteiger partial charge in [-0.1, -0.05) is 19.1 Å². The average molecular weight is 360 g/mol. The number of fused-ring (bicyclic) bond motifs is 1. The summed E-state index contributed by atoms with van der Waals surface area (Å²) in [6, 6.07) is 11.9. The van der Waals surface area contributed by atoms with E-state index in [0.29, 0.717) is 5.92 Å². The van der Waals surface area contributed by atoms with Crippen molar-refractivity contribution in [2.75, 3.05) is 4.90 Å². The normalized spacial score (nSPS) is 21.4. The Morgan fingerprint density at radius 1 is 0.926 bits per heavy atom. The predicted octanol–water partition coefficient (Wildman–Crippen LogP) is 4.69. The van der Waals surface area contributed by atoms with Crippen molar-refractivity contribution in [2.45, 2.75) is 52.1 Å². The topological polar surface area (TPSA) is 54.8 Å². The van der Waals surface area contributed by atoms with E-state index in [4.69, 9.17) is 0 Å². The Morgan fingerprint density at radius 3 is 2.37 bits per heavy atom. The third-order valence-electron chi connectivity index (χ3n) is 5.86. The second-order valence-electron chi connectivity index (χ2n) is 8.55. The Bertz CT molecular complexity index is 962. The number of para-hydroxylation sites is 2. The number of nitrogens with zero attached hydrogens (tertiary/aromatic N) is 5. The van der Waals surface area contributed by atoms with Gasteiger partial charge >= 0.3 is 0 Å². The summed E-state index contributed by atoms with van der Waals surface area (Å²) in [5, 5.41) is 9.06. The molecule has 0 amide bonds. The average Bonchev–Trinajstić information content (AvgIpc) is 2.65. The van der Waals surface area contributed by atoms with Gasteiger partial charge < -0.3 is 4.90 Å². The van der Waals surface area contributed by atoms with Gasteiger partial charge in [0.1, 0.15) is 11.4 Å². The molecular weight excluding hydrogens is 334 g/mol. The van der Waals surface area contributed by atoms with Gasteiger partial charge in [-0.3, -0.25) is 4.98 Å². The van der Waals surface area contributed by atoms with Gasteiger partial charge in [0.05, 0.1) is 17.2 Å². The molecule has 1 unspecified atom stereocenters. The van der Waals surface area contributed by atoms with Gasteiger partial charge in [-0.05, 0) is 70.7 Å². The van der Waals surface area contributed by atoms with E-state index in [-0.39, 0.29) is 11.1 Å². The summed E-state index contributed by atoms with van der Waals surface area (Å²) in [5.74, 6) is 1.38. The van der Waals surface area contributed by atoms with E-state index < -0.39 is 0 Å². The smallest absolute Gasteiger partial charge is 0.152 e. The molecule has 1 aromatic carbocycles. The molecule has 139 valence electrons. The van der Waals surface area contributed by atoms with E-state index in [1.54, 1.807) is 6.20 Å². The summed E-state index contributed by atoms with van der Waals surface area (Å²) in [5.41, 5.74) is 3.20. The van der Waals surface area contributed by atoms with Gasteiger partial charge in [0, 0.05) is 11.1 Å². The number of piperidine rings is 1. The second-order valence-corrected chi connectivity index (χ2v) is 8.55. The van der Waals surface area contributed by atoms with Crippen LogP contribution in [0.4, 0.5) is 5.82 Å². The minimum absolute atomic E-state index is 0.00500. The van der Waals surface area contributed by atoms with E-state index >= 15 is 0 Å². The third-order valence-corrected chi connectivity index (χ3v) is 5.86. The number of rotatable bonds is 2. The van der Waals surface area contributed by atoms with Crippen LogP contribution in [0.15, 0.2) is 42.6 Å². The predicted molar refractivity (Wildman–Crippen MR) is 109 cm³/mol. The Labute approximate surface area is 160 Å². The van der Waals surface area contributed by atoms with Crippen LogP contribution in [0.25, 0.3) is 22.4 Å². The molecule has 1 atom stereocenters. The minimum atomic E-state index is -0.0271. The Kier molecular flexibility index (Phi) is 4.13. The lowest BCUT2D eigenvalue weighted by Gasteiger charge is -2.56. The second kappa shape index (κ2) is 6.25. The number of benzene rings is 1. The van der Waals surface area contributed by atoms with Crippen molar-refractivity contribution in [1.29, 1.82) is 0 Å². The molecule has 5 heteroatoms. The zero-order valence-corrected chi connectivity index (χ0v) is 16.6. The number of aromatic nitrogens is 4. The van der Waals surface area contributed by atoms with Gasteiger partial charge in [-0.15, -0.1) is 10.2 Å². The third kappa shape index (κ3) is 3.05. The highest BCUT2D eigenvalue weighted by Gasteiger charge is 2.46. The highest BCUT2D eigenvalue weighted by Crippen LogP contribution is 2.43. The standard InChI is InChI=1S/C22H26N5/c1-15-12-13-21(2,3)27(22(15,4)5)20-11-10-18(25-26-20)19-14-23-16-8-6-7-9-17(16)24-19/h6-12,14-15H,13H2,1-5H3. The SMILES string of the molecule is CC1[CH]CC(C)(C)N(c2ccc(-c3cnc4ccccc4n3)nn2)C1(C)C. The maximum absolute atomic E-state index is 4.67. The molecule has 5 nitrogen and oxygen atoms in total. The zero-order chi connectivity index (χ0) is 19.2. The van der Waals surface area contributed by atoms with Crippen LogP contribution < -0.4 is 4.90 Å². The molecule has 2 aromatic heterocycles. The van der Waals surface area contributed by atoms with Crippen LogP contribution in [0.5, 0.6) is 0 Å². The summed E-state index contributed by atoms with van der Waals surface area (Å²) in [6.45, 7) is 11.4. The maximum Gasteiger partial charge on any atom is 0.152 e. The molecule has 1 saturated heterocycles. The van der Waals surface area contributed by atoms with Gasteiger partial charge in [-0.25, -0.2) is 4.98 Å². The van der Waals surface area contributed by atoms with E-state index in [9.17, 15) is 0 Å². The fraction of sp³-hybridized carbons (Fsp3) is 0.409. The number of hydrogen-bond acceptors (Lipinski definition) is 5. The lowest BCUT2D eigenvalue weighted by atomic mass is 9.73. The van der Waals surface area contributed by atoms with Crippen molar-refractivity contribution in [1.82, 2.24) is 20.2 Å². The Balaban J connectivity index is 1.70. The van der Waals surface area contributed by atoms with Gasteiger partial charge in [0.25, 0.3) is 0 Å². The van der Waals surface area contributed by atoms with E-state index in [1.807, 2.05) is 30.3 Å². The lowest BCUT2D eigenvalue weighted by Crippen LogP contribution is -2.62. The van der Waals surface area contributed by atoms with Crippen molar-refractivity contribution in [3.05, 3.63) is 49.0 Å². The number of hydrogen-bond donors (Lipinski definition) is 0. The molecule has 1 aliphatic rings. The Hall–Kier alpha value is -2.56. The summed E-state index contributed by atoms with van der Waals surface area (Å²) in [6.07, 6.45) is 5.21. The van der Waals surface area contributed by atoms with Gasteiger partial charge in [-0.2, -0.15) is 0 Å². The van der Waals surface area contributed by atoms with Crippen LogP contribution in [0.3, 0.4) is 0 Å². The molecule has 0 bridgehead atoms. The molecule has 0 aliphatic carbocycles. The molecule has 0 spiro atoms. The van der Waals surface area contributed by atoms with Crippen LogP contribution in [-0.4, -0.2) is 31.2 Å². The van der Waals surface area contributed by atoms with Gasteiger partial charge in [0.2, 0.25) is 0 Å². The molecule has 4 rings (SSSR count). The van der Waals surface area contributed by atoms with Crippen molar-refractivity contribution in [3.8, 4) is 11.4 Å². The summed E-state index contributed by atoms with van der Waals surface area (Å²) >= 11 is 0. The highest BCUT2D eigenvalue weighted by molar-refractivity contribution is 5.76. The zero-order valence-electron chi connectivity index (χ0n) is 16.6.